The standard InChI is InChI=1S/C14H11ClF7NO2S/c15-13(19,20)14(21,22)26(25)23-10(12(16,17)18)6-9(7-11(23)24)8-4-2-1-3-5-8/h1-6,9,11,24H,7H2/t9-,11+,26-/m0/s1. The number of benzene rings is 1. The van der Waals surface area contributed by atoms with Crippen LogP contribution in [0.3, 0.4) is 0 Å². The molecule has 0 saturated heterocycles. The van der Waals surface area contributed by atoms with E-state index in [-0.39, 0.29) is 0 Å². The average molecular weight is 426 g/mol. The fourth-order valence-corrected chi connectivity index (χ4v) is 3.68. The summed E-state index contributed by atoms with van der Waals surface area (Å²) in [6, 6.07) is 7.48. The third-order valence-electron chi connectivity index (χ3n) is 3.58. The lowest BCUT2D eigenvalue weighted by atomic mass is 9.91. The second-order valence-corrected chi connectivity index (χ2v) is 7.25. The molecule has 3 nitrogen and oxygen atoms in total. The maximum atomic E-state index is 13.5. The fraction of sp³-hybridized carbons (Fsp3) is 0.429. The highest BCUT2D eigenvalue weighted by atomic mass is 35.5. The molecule has 146 valence electrons. The number of halogens is 8. The molecule has 0 unspecified atom stereocenters. The van der Waals surface area contributed by atoms with Crippen molar-refractivity contribution >= 4 is 22.6 Å². The third-order valence-corrected chi connectivity index (χ3v) is 5.42. The number of alkyl halides is 8. The second-order valence-electron chi connectivity index (χ2n) is 5.37. The van der Waals surface area contributed by atoms with E-state index < -0.39 is 56.4 Å². The summed E-state index contributed by atoms with van der Waals surface area (Å²) in [5.41, 5.74) is -1.59. The van der Waals surface area contributed by atoms with Gasteiger partial charge in [0.1, 0.15) is 11.9 Å². The molecule has 0 fully saturated rings. The van der Waals surface area contributed by atoms with Gasteiger partial charge in [0.2, 0.25) is 11.0 Å². The predicted octanol–water partition coefficient (Wildman–Crippen LogP) is 4.33. The predicted molar refractivity (Wildman–Crippen MR) is 79.7 cm³/mol. The van der Waals surface area contributed by atoms with E-state index in [0.29, 0.717) is 11.6 Å². The summed E-state index contributed by atoms with van der Waals surface area (Å²) in [6.07, 6.45) is -7.80. The van der Waals surface area contributed by atoms with Crippen molar-refractivity contribution < 1.29 is 40.0 Å². The van der Waals surface area contributed by atoms with Crippen LogP contribution in [0.15, 0.2) is 42.1 Å². The number of aliphatic hydroxyl groups is 1. The number of aliphatic hydroxyl groups excluding tert-OH is 1. The van der Waals surface area contributed by atoms with Gasteiger partial charge in [-0.1, -0.05) is 30.3 Å². The van der Waals surface area contributed by atoms with E-state index in [1.807, 2.05) is 0 Å². The number of hydrogen-bond acceptors (Lipinski definition) is 2. The Kier molecular flexibility index (Phi) is 5.65. The largest absolute Gasteiger partial charge is 0.431 e. The minimum Gasteiger partial charge on any atom is -0.373 e. The Morgan fingerprint density at radius 2 is 1.62 bits per heavy atom. The first-order chi connectivity index (χ1) is 11.8. The van der Waals surface area contributed by atoms with Crippen LogP contribution in [0.25, 0.3) is 0 Å². The highest BCUT2D eigenvalue weighted by Gasteiger charge is 2.64. The summed E-state index contributed by atoms with van der Waals surface area (Å²) in [4.78, 5) is 0. The van der Waals surface area contributed by atoms with Crippen molar-refractivity contribution in [3.63, 3.8) is 0 Å². The van der Waals surface area contributed by atoms with Crippen molar-refractivity contribution in [2.75, 3.05) is 0 Å². The monoisotopic (exact) mass is 425 g/mol. The van der Waals surface area contributed by atoms with Crippen molar-refractivity contribution in [1.29, 1.82) is 0 Å². The van der Waals surface area contributed by atoms with Crippen LogP contribution in [0.5, 0.6) is 0 Å². The molecule has 3 atom stereocenters. The van der Waals surface area contributed by atoms with Gasteiger partial charge in [-0.25, -0.2) is 4.21 Å². The highest BCUT2D eigenvalue weighted by Crippen LogP contribution is 2.46. The van der Waals surface area contributed by atoms with E-state index in [1.165, 1.54) is 24.3 Å². The van der Waals surface area contributed by atoms with Gasteiger partial charge in [0.15, 0.2) is 0 Å². The molecule has 1 aromatic carbocycles. The Bertz CT molecular complexity index is 705. The molecule has 0 aromatic heterocycles. The molecule has 26 heavy (non-hydrogen) atoms. The van der Waals surface area contributed by atoms with Gasteiger partial charge in [0.25, 0.3) is 0 Å². The first-order valence-corrected chi connectivity index (χ1v) is 8.43. The molecule has 0 bridgehead atoms. The molecular formula is C14H11ClF7NO2S. The van der Waals surface area contributed by atoms with Crippen LogP contribution in [0.1, 0.15) is 17.9 Å². The van der Waals surface area contributed by atoms with Crippen LogP contribution < -0.4 is 0 Å². The lowest BCUT2D eigenvalue weighted by molar-refractivity contribution is -0.125. The SMILES string of the molecule is O=[S@](N1C(C(F)(F)F)=C[C@H](c2ccccc2)C[C@H]1O)C(F)(F)C(F)(F)Cl. The topological polar surface area (TPSA) is 40.5 Å². The van der Waals surface area contributed by atoms with Gasteiger partial charge >= 0.3 is 16.8 Å². The quantitative estimate of drug-likeness (QED) is 0.576. The van der Waals surface area contributed by atoms with Crippen LogP contribution in [-0.2, 0) is 11.0 Å². The second kappa shape index (κ2) is 7.01. The van der Waals surface area contributed by atoms with Crippen LogP contribution in [0.2, 0.25) is 0 Å². The minimum atomic E-state index is -5.54. The van der Waals surface area contributed by atoms with Crippen LogP contribution in [0.4, 0.5) is 30.7 Å². The van der Waals surface area contributed by atoms with Gasteiger partial charge in [-0.2, -0.15) is 30.7 Å². The molecule has 12 heteroatoms. The average Bonchev–Trinajstić information content (AvgIpc) is 2.52. The van der Waals surface area contributed by atoms with Gasteiger partial charge < -0.3 is 5.11 Å². The van der Waals surface area contributed by atoms with E-state index >= 15 is 0 Å². The van der Waals surface area contributed by atoms with Gasteiger partial charge in [0, 0.05) is 12.3 Å². The first kappa shape index (κ1) is 21.0. The summed E-state index contributed by atoms with van der Waals surface area (Å²) in [7, 11) is -4.28. The Morgan fingerprint density at radius 3 is 2.08 bits per heavy atom. The molecule has 0 saturated carbocycles. The summed E-state index contributed by atoms with van der Waals surface area (Å²) >= 11 is 4.19. The summed E-state index contributed by atoms with van der Waals surface area (Å²) in [5.74, 6) is -1.05. The Labute approximate surface area is 150 Å². The smallest absolute Gasteiger partial charge is 0.373 e. The normalized spacial score (nSPS) is 23.6. The molecule has 0 amide bonds. The van der Waals surface area contributed by atoms with Crippen LogP contribution in [0, 0.1) is 0 Å². The fourth-order valence-electron chi connectivity index (χ4n) is 2.39. The zero-order chi connectivity index (χ0) is 19.9. The maximum absolute atomic E-state index is 13.5. The molecule has 2 rings (SSSR count). The van der Waals surface area contributed by atoms with E-state index in [1.54, 1.807) is 6.07 Å². The van der Waals surface area contributed by atoms with Gasteiger partial charge in [-0.15, -0.1) is 0 Å². The lowest BCUT2D eigenvalue weighted by Crippen LogP contribution is -2.53. The van der Waals surface area contributed by atoms with E-state index in [9.17, 15) is 40.0 Å². The molecule has 1 heterocycles. The molecule has 1 aromatic rings. The van der Waals surface area contributed by atoms with Crippen LogP contribution >= 0.6 is 11.6 Å². The third kappa shape index (κ3) is 3.99. The summed E-state index contributed by atoms with van der Waals surface area (Å²) < 4.78 is 104. The summed E-state index contributed by atoms with van der Waals surface area (Å²) in [6.45, 7) is 0. The zero-order valence-corrected chi connectivity index (χ0v) is 14.1. The van der Waals surface area contributed by atoms with E-state index in [0.717, 1.165) is 0 Å². The molecule has 0 radical (unpaired) electrons. The Morgan fingerprint density at radius 1 is 1.08 bits per heavy atom. The molecule has 0 aliphatic carbocycles. The zero-order valence-electron chi connectivity index (χ0n) is 12.6. The summed E-state index contributed by atoms with van der Waals surface area (Å²) in [5, 5.41) is -1.02. The van der Waals surface area contributed by atoms with Crippen molar-refractivity contribution in [2.24, 2.45) is 0 Å². The molecule has 1 aliphatic rings. The van der Waals surface area contributed by atoms with Crippen molar-refractivity contribution in [1.82, 2.24) is 4.31 Å². The van der Waals surface area contributed by atoms with Crippen LogP contribution in [-0.4, -0.2) is 36.7 Å². The molecule has 1 N–H and O–H groups in total. The number of hydrogen-bond donors (Lipinski definition) is 1. The lowest BCUT2D eigenvalue weighted by Gasteiger charge is -2.39. The number of rotatable bonds is 4. The van der Waals surface area contributed by atoms with Crippen molar-refractivity contribution in [3.8, 4) is 0 Å². The van der Waals surface area contributed by atoms with Gasteiger partial charge in [-0.05, 0) is 23.2 Å². The number of nitrogens with zero attached hydrogens (tertiary/aromatic N) is 1. The van der Waals surface area contributed by atoms with Crippen molar-refractivity contribution in [3.05, 3.63) is 47.7 Å². The van der Waals surface area contributed by atoms with E-state index in [4.69, 9.17) is 0 Å². The Hall–Kier alpha value is -1.33. The maximum Gasteiger partial charge on any atom is 0.431 e. The molecule has 1 aliphatic heterocycles. The van der Waals surface area contributed by atoms with Gasteiger partial charge in [-0.3, -0.25) is 4.31 Å². The minimum absolute atomic E-state index is 0.327. The van der Waals surface area contributed by atoms with Gasteiger partial charge in [0.05, 0.1) is 0 Å². The highest BCUT2D eigenvalue weighted by molar-refractivity contribution is 7.84. The van der Waals surface area contributed by atoms with E-state index in [2.05, 4.69) is 11.6 Å². The number of allylic oxidation sites excluding steroid dienone is 2. The molecule has 0 spiro atoms. The van der Waals surface area contributed by atoms with Crippen molar-refractivity contribution in [2.45, 2.75) is 35.4 Å². The molecular weight excluding hydrogens is 415 g/mol. The first-order valence-electron chi connectivity index (χ1n) is 6.94. The Balaban J connectivity index is 2.51.